The first kappa shape index (κ1) is 18.3. The third-order valence-electron chi connectivity index (χ3n) is 5.11. The van der Waals surface area contributed by atoms with E-state index in [1.165, 1.54) is 5.56 Å². The first-order chi connectivity index (χ1) is 12.2. The standard InChI is InChI=1S/C20H22N2O3.CH4/c1-24-16-5-2-13(3-6-16)19-11-21-9-15(19)12-25-17-7-4-14-10-22-20(23)18(14)8-17;/h2-8,15,19,21H,9-12H2,1H3,(H,22,23);1H4/t15-,19-;/m0./s1. The number of methoxy groups -OCH3 is 1. The minimum Gasteiger partial charge on any atom is -0.497 e. The van der Waals surface area contributed by atoms with Crippen LogP contribution in [0.25, 0.3) is 0 Å². The molecule has 0 radical (unpaired) electrons. The second-order valence-corrected chi connectivity index (χ2v) is 6.61. The van der Waals surface area contributed by atoms with E-state index in [2.05, 4.69) is 22.8 Å². The fourth-order valence-corrected chi connectivity index (χ4v) is 3.63. The predicted molar refractivity (Wildman–Crippen MR) is 102 cm³/mol. The molecule has 0 saturated carbocycles. The summed E-state index contributed by atoms with van der Waals surface area (Å²) in [5, 5.41) is 6.29. The number of fused-ring (bicyclic) bond motifs is 1. The number of carbonyl (C=O) groups is 1. The van der Waals surface area contributed by atoms with Crippen molar-refractivity contribution in [1.82, 2.24) is 10.6 Å². The molecular weight excluding hydrogens is 328 g/mol. The number of rotatable bonds is 5. The molecule has 4 rings (SSSR count). The molecule has 2 aliphatic heterocycles. The highest BCUT2D eigenvalue weighted by atomic mass is 16.5. The van der Waals surface area contributed by atoms with Gasteiger partial charge in [0.25, 0.3) is 5.91 Å². The zero-order chi connectivity index (χ0) is 17.2. The van der Waals surface area contributed by atoms with Crippen molar-refractivity contribution in [3.05, 3.63) is 59.2 Å². The zero-order valence-corrected chi connectivity index (χ0v) is 14.2. The molecule has 2 aromatic rings. The van der Waals surface area contributed by atoms with Gasteiger partial charge in [0, 0.05) is 37.0 Å². The van der Waals surface area contributed by atoms with E-state index >= 15 is 0 Å². The molecule has 2 N–H and O–H groups in total. The van der Waals surface area contributed by atoms with Gasteiger partial charge in [0.1, 0.15) is 11.5 Å². The van der Waals surface area contributed by atoms with Crippen LogP contribution in [-0.4, -0.2) is 32.7 Å². The largest absolute Gasteiger partial charge is 0.497 e. The fourth-order valence-electron chi connectivity index (χ4n) is 3.63. The molecule has 0 aromatic heterocycles. The summed E-state index contributed by atoms with van der Waals surface area (Å²) < 4.78 is 11.3. The molecule has 0 aliphatic carbocycles. The van der Waals surface area contributed by atoms with Crippen LogP contribution in [-0.2, 0) is 6.54 Å². The molecule has 1 fully saturated rings. The van der Waals surface area contributed by atoms with Crippen LogP contribution in [0.15, 0.2) is 42.5 Å². The van der Waals surface area contributed by atoms with Gasteiger partial charge in [0.2, 0.25) is 0 Å². The average molecular weight is 354 g/mol. The number of carbonyl (C=O) groups excluding carboxylic acids is 1. The molecule has 1 saturated heterocycles. The Morgan fingerprint density at radius 1 is 1.08 bits per heavy atom. The van der Waals surface area contributed by atoms with Gasteiger partial charge in [-0.05, 0) is 35.4 Å². The Morgan fingerprint density at radius 3 is 2.62 bits per heavy atom. The topological polar surface area (TPSA) is 59.6 Å². The smallest absolute Gasteiger partial charge is 0.252 e. The van der Waals surface area contributed by atoms with Crippen molar-refractivity contribution in [2.24, 2.45) is 5.92 Å². The summed E-state index contributed by atoms with van der Waals surface area (Å²) in [6.07, 6.45) is 0. The molecule has 2 aliphatic rings. The summed E-state index contributed by atoms with van der Waals surface area (Å²) >= 11 is 0. The number of benzene rings is 2. The molecule has 0 bridgehead atoms. The molecule has 2 heterocycles. The van der Waals surface area contributed by atoms with Gasteiger partial charge in [0.05, 0.1) is 13.7 Å². The lowest BCUT2D eigenvalue weighted by Crippen LogP contribution is -2.19. The van der Waals surface area contributed by atoms with Gasteiger partial charge in [-0.1, -0.05) is 25.6 Å². The van der Waals surface area contributed by atoms with Crippen LogP contribution < -0.4 is 20.1 Å². The highest BCUT2D eigenvalue weighted by molar-refractivity contribution is 5.98. The van der Waals surface area contributed by atoms with Gasteiger partial charge < -0.3 is 20.1 Å². The van der Waals surface area contributed by atoms with Gasteiger partial charge in [-0.25, -0.2) is 0 Å². The first-order valence-electron chi connectivity index (χ1n) is 8.63. The highest BCUT2D eigenvalue weighted by Gasteiger charge is 2.29. The maximum absolute atomic E-state index is 11.8. The van der Waals surface area contributed by atoms with Crippen LogP contribution in [0, 0.1) is 5.92 Å². The molecule has 26 heavy (non-hydrogen) atoms. The summed E-state index contributed by atoms with van der Waals surface area (Å²) in [6.45, 7) is 3.12. The fraction of sp³-hybridized carbons (Fsp3) is 0.381. The lowest BCUT2D eigenvalue weighted by Gasteiger charge is -2.20. The summed E-state index contributed by atoms with van der Waals surface area (Å²) in [5.74, 6) is 2.44. The lowest BCUT2D eigenvalue weighted by atomic mass is 9.89. The third kappa shape index (κ3) is 3.53. The summed E-state index contributed by atoms with van der Waals surface area (Å²) in [4.78, 5) is 11.8. The molecule has 2 atom stereocenters. The van der Waals surface area contributed by atoms with Gasteiger partial charge in [-0.15, -0.1) is 0 Å². The van der Waals surface area contributed by atoms with Gasteiger partial charge in [-0.2, -0.15) is 0 Å². The predicted octanol–water partition coefficient (Wildman–Crippen LogP) is 2.96. The molecule has 138 valence electrons. The average Bonchev–Trinajstić information content (AvgIpc) is 3.27. The Hall–Kier alpha value is -2.53. The van der Waals surface area contributed by atoms with Crippen LogP contribution in [0.4, 0.5) is 0 Å². The normalized spacial score (nSPS) is 20.9. The molecule has 0 spiro atoms. The van der Waals surface area contributed by atoms with Crippen LogP contribution in [0.3, 0.4) is 0 Å². The minimum absolute atomic E-state index is 0. The lowest BCUT2D eigenvalue weighted by molar-refractivity contribution is 0.0965. The van der Waals surface area contributed by atoms with Crippen LogP contribution in [0.5, 0.6) is 11.5 Å². The summed E-state index contributed by atoms with van der Waals surface area (Å²) in [5.41, 5.74) is 3.07. The minimum atomic E-state index is -0.0147. The summed E-state index contributed by atoms with van der Waals surface area (Å²) in [6, 6.07) is 14.0. The van der Waals surface area contributed by atoms with Crippen molar-refractivity contribution < 1.29 is 14.3 Å². The van der Waals surface area contributed by atoms with Gasteiger partial charge >= 0.3 is 0 Å². The van der Waals surface area contributed by atoms with Crippen LogP contribution in [0.2, 0.25) is 0 Å². The second kappa shape index (κ2) is 7.79. The molecule has 0 unspecified atom stereocenters. The second-order valence-electron chi connectivity index (χ2n) is 6.61. The quantitative estimate of drug-likeness (QED) is 0.867. The number of amides is 1. The van der Waals surface area contributed by atoms with E-state index in [0.717, 1.165) is 35.7 Å². The molecule has 1 amide bonds. The Labute approximate surface area is 154 Å². The third-order valence-corrected chi connectivity index (χ3v) is 5.11. The van der Waals surface area contributed by atoms with Crippen LogP contribution >= 0.6 is 0 Å². The van der Waals surface area contributed by atoms with E-state index in [1.807, 2.05) is 30.3 Å². The Bertz CT molecular complexity index is 773. The van der Waals surface area contributed by atoms with Crippen molar-refractivity contribution in [1.29, 1.82) is 0 Å². The monoisotopic (exact) mass is 354 g/mol. The Balaban J connectivity index is 0.00000196. The Morgan fingerprint density at radius 2 is 1.85 bits per heavy atom. The first-order valence-corrected chi connectivity index (χ1v) is 8.63. The van der Waals surface area contributed by atoms with E-state index in [4.69, 9.17) is 9.47 Å². The highest BCUT2D eigenvalue weighted by Crippen LogP contribution is 2.30. The van der Waals surface area contributed by atoms with Crippen molar-refractivity contribution in [3.8, 4) is 11.5 Å². The van der Waals surface area contributed by atoms with Gasteiger partial charge in [-0.3, -0.25) is 4.79 Å². The number of hydrogen-bond donors (Lipinski definition) is 2. The molecular formula is C21H26N2O3. The maximum atomic E-state index is 11.8. The van der Waals surface area contributed by atoms with Crippen molar-refractivity contribution in [2.75, 3.05) is 26.8 Å². The van der Waals surface area contributed by atoms with Gasteiger partial charge in [0.15, 0.2) is 0 Å². The molecule has 5 nitrogen and oxygen atoms in total. The Kier molecular flexibility index (Phi) is 5.47. The van der Waals surface area contributed by atoms with E-state index in [1.54, 1.807) is 7.11 Å². The number of hydrogen-bond acceptors (Lipinski definition) is 4. The van der Waals surface area contributed by atoms with Crippen LogP contribution in [0.1, 0.15) is 34.8 Å². The van der Waals surface area contributed by atoms with Crippen molar-refractivity contribution >= 4 is 5.91 Å². The number of nitrogens with one attached hydrogen (secondary N) is 2. The van der Waals surface area contributed by atoms with E-state index < -0.39 is 0 Å². The molecule has 5 heteroatoms. The van der Waals surface area contributed by atoms with Crippen molar-refractivity contribution in [2.45, 2.75) is 19.9 Å². The number of ether oxygens (including phenoxy) is 2. The van der Waals surface area contributed by atoms with E-state index in [-0.39, 0.29) is 13.3 Å². The summed E-state index contributed by atoms with van der Waals surface area (Å²) in [7, 11) is 1.68. The van der Waals surface area contributed by atoms with E-state index in [0.29, 0.717) is 25.0 Å². The van der Waals surface area contributed by atoms with E-state index in [9.17, 15) is 4.79 Å². The SMILES string of the molecule is C.COc1ccc([C@@H]2CNC[C@H]2COc2ccc3c(c2)C(=O)NC3)cc1. The van der Waals surface area contributed by atoms with Crippen molar-refractivity contribution in [3.63, 3.8) is 0 Å². The molecule has 2 aromatic carbocycles. The zero-order valence-electron chi connectivity index (χ0n) is 14.2. The maximum Gasteiger partial charge on any atom is 0.252 e.